The molecule has 3 heterocycles. The monoisotopic (exact) mass is 318 g/mol. The zero-order valence-electron chi connectivity index (χ0n) is 12.2. The van der Waals surface area contributed by atoms with Crippen LogP contribution in [0, 0.1) is 5.95 Å². The number of nitrogens with zero attached hydrogens (tertiary/aromatic N) is 2. The molecule has 0 amide bonds. The van der Waals surface area contributed by atoms with E-state index in [9.17, 15) is 4.39 Å². The molecule has 0 unspecified atom stereocenters. The van der Waals surface area contributed by atoms with Crippen molar-refractivity contribution in [1.82, 2.24) is 4.98 Å². The first-order chi connectivity index (χ1) is 10.7. The normalized spacial score (nSPS) is 22.6. The van der Waals surface area contributed by atoms with Crippen LogP contribution in [0.15, 0.2) is 30.5 Å². The quantitative estimate of drug-likeness (QED) is 0.778. The van der Waals surface area contributed by atoms with Crippen LogP contribution in [0.4, 0.5) is 10.1 Å². The molecule has 1 fully saturated rings. The highest BCUT2D eigenvalue weighted by atomic mass is 35.5. The van der Waals surface area contributed by atoms with Gasteiger partial charge in [-0.3, -0.25) is 0 Å². The Bertz CT molecular complexity index is 719. The van der Waals surface area contributed by atoms with Gasteiger partial charge in [0, 0.05) is 29.1 Å². The first-order valence-corrected chi connectivity index (χ1v) is 7.82. The van der Waals surface area contributed by atoms with Crippen molar-refractivity contribution in [3.05, 3.63) is 52.6 Å². The van der Waals surface area contributed by atoms with E-state index in [1.165, 1.54) is 6.20 Å². The summed E-state index contributed by atoms with van der Waals surface area (Å²) in [4.78, 5) is 6.14. The number of anilines is 1. The van der Waals surface area contributed by atoms with Crippen LogP contribution < -0.4 is 9.64 Å². The van der Waals surface area contributed by atoms with E-state index < -0.39 is 0 Å². The maximum absolute atomic E-state index is 14.0. The summed E-state index contributed by atoms with van der Waals surface area (Å²) in [7, 11) is 1.66. The van der Waals surface area contributed by atoms with Gasteiger partial charge in [-0.2, -0.15) is 4.39 Å². The Kier molecular flexibility index (Phi) is 3.22. The van der Waals surface area contributed by atoms with E-state index in [0.29, 0.717) is 23.0 Å². The highest BCUT2D eigenvalue weighted by Gasteiger charge is 2.42. The fourth-order valence-corrected chi connectivity index (χ4v) is 4.11. The number of ether oxygens (including phenoxy) is 1. The Balaban J connectivity index is 1.78. The number of rotatable bonds is 2. The van der Waals surface area contributed by atoms with Crippen LogP contribution >= 0.6 is 11.6 Å². The standard InChI is InChI=1S/C17H16ClFN2O/c1-22-12-5-2-10(3-6-12)21-11-4-7-15(21)16-13(8-11)17(19)20-9-14(16)18/h2-3,5-6,9,11,15H,4,7-8H2,1H3/t11-,15+/m0/s1. The lowest BCUT2D eigenvalue weighted by Gasteiger charge is -2.38. The molecule has 1 saturated heterocycles. The third-order valence-corrected chi connectivity index (χ3v) is 5.07. The van der Waals surface area contributed by atoms with Crippen molar-refractivity contribution < 1.29 is 9.13 Å². The molecule has 4 rings (SSSR count). The number of methoxy groups -OCH3 is 1. The minimum atomic E-state index is -0.370. The summed E-state index contributed by atoms with van der Waals surface area (Å²) in [5.74, 6) is 0.465. The molecule has 2 aromatic rings. The second-order valence-electron chi connectivity index (χ2n) is 5.85. The largest absolute Gasteiger partial charge is 0.497 e. The molecular weight excluding hydrogens is 303 g/mol. The molecule has 0 radical (unpaired) electrons. The summed E-state index contributed by atoms with van der Waals surface area (Å²) in [6.07, 6.45) is 4.13. The van der Waals surface area contributed by atoms with Gasteiger partial charge in [-0.1, -0.05) is 11.6 Å². The molecule has 2 aliphatic rings. The van der Waals surface area contributed by atoms with Crippen molar-refractivity contribution in [2.24, 2.45) is 0 Å². The van der Waals surface area contributed by atoms with E-state index in [4.69, 9.17) is 16.3 Å². The number of hydrogen-bond donors (Lipinski definition) is 0. The molecule has 2 atom stereocenters. The number of fused-ring (bicyclic) bond motifs is 4. The molecule has 0 aliphatic carbocycles. The SMILES string of the molecule is COc1ccc(N2[C@H]3CC[C@@H]2c2c(Cl)cnc(F)c2C3)cc1. The highest BCUT2D eigenvalue weighted by molar-refractivity contribution is 6.31. The van der Waals surface area contributed by atoms with Crippen LogP contribution in [0.5, 0.6) is 5.75 Å². The van der Waals surface area contributed by atoms with Gasteiger partial charge in [0.1, 0.15) is 5.75 Å². The summed E-state index contributed by atoms with van der Waals surface area (Å²) in [6.45, 7) is 0. The first-order valence-electron chi connectivity index (χ1n) is 7.44. The smallest absolute Gasteiger partial charge is 0.216 e. The molecule has 5 heteroatoms. The summed E-state index contributed by atoms with van der Waals surface area (Å²) < 4.78 is 19.3. The van der Waals surface area contributed by atoms with Gasteiger partial charge in [0.25, 0.3) is 0 Å². The topological polar surface area (TPSA) is 25.4 Å². The Morgan fingerprint density at radius 2 is 2.05 bits per heavy atom. The van der Waals surface area contributed by atoms with Crippen LogP contribution in [-0.4, -0.2) is 18.1 Å². The third-order valence-electron chi connectivity index (χ3n) is 4.77. The second-order valence-corrected chi connectivity index (χ2v) is 6.25. The summed E-state index contributed by atoms with van der Waals surface area (Å²) in [5, 5.41) is 0.570. The Labute approximate surface area is 133 Å². The minimum Gasteiger partial charge on any atom is -0.497 e. The van der Waals surface area contributed by atoms with Crippen molar-refractivity contribution >= 4 is 17.3 Å². The lowest BCUT2D eigenvalue weighted by Crippen LogP contribution is -2.38. The molecule has 114 valence electrons. The molecule has 0 spiro atoms. The maximum Gasteiger partial charge on any atom is 0.216 e. The summed E-state index contributed by atoms with van der Waals surface area (Å²) >= 11 is 6.33. The van der Waals surface area contributed by atoms with Crippen LogP contribution in [-0.2, 0) is 6.42 Å². The Morgan fingerprint density at radius 1 is 1.27 bits per heavy atom. The van der Waals surface area contributed by atoms with Gasteiger partial charge < -0.3 is 9.64 Å². The van der Waals surface area contributed by atoms with Crippen molar-refractivity contribution in [3.63, 3.8) is 0 Å². The van der Waals surface area contributed by atoms with Gasteiger partial charge in [-0.25, -0.2) is 4.98 Å². The van der Waals surface area contributed by atoms with E-state index in [0.717, 1.165) is 29.8 Å². The zero-order valence-corrected chi connectivity index (χ0v) is 13.0. The van der Waals surface area contributed by atoms with Crippen LogP contribution in [0.25, 0.3) is 0 Å². The Hall–Kier alpha value is -1.81. The fourth-order valence-electron chi connectivity index (χ4n) is 3.82. The van der Waals surface area contributed by atoms with Gasteiger partial charge in [0.05, 0.1) is 18.2 Å². The number of benzene rings is 1. The minimum absolute atomic E-state index is 0.132. The average Bonchev–Trinajstić information content (AvgIpc) is 2.84. The maximum atomic E-state index is 14.0. The Morgan fingerprint density at radius 3 is 2.77 bits per heavy atom. The van der Waals surface area contributed by atoms with Crippen LogP contribution in [0.3, 0.4) is 0 Å². The summed E-state index contributed by atoms with van der Waals surface area (Å²) in [5.41, 5.74) is 2.75. The molecule has 2 bridgehead atoms. The average molecular weight is 319 g/mol. The number of hydrogen-bond acceptors (Lipinski definition) is 3. The number of pyridine rings is 1. The van der Waals surface area contributed by atoms with Crippen molar-refractivity contribution in [3.8, 4) is 5.75 Å². The summed E-state index contributed by atoms with van der Waals surface area (Å²) in [6, 6.07) is 8.46. The van der Waals surface area contributed by atoms with E-state index in [-0.39, 0.29) is 12.0 Å². The zero-order chi connectivity index (χ0) is 15.3. The molecule has 3 nitrogen and oxygen atoms in total. The van der Waals surface area contributed by atoms with Gasteiger partial charge in [-0.15, -0.1) is 0 Å². The van der Waals surface area contributed by atoms with E-state index >= 15 is 0 Å². The number of aromatic nitrogens is 1. The van der Waals surface area contributed by atoms with Crippen LogP contribution in [0.2, 0.25) is 5.02 Å². The fraction of sp³-hybridized carbons (Fsp3) is 0.353. The molecule has 1 aromatic heterocycles. The predicted octanol–water partition coefficient (Wildman–Crippen LogP) is 4.15. The van der Waals surface area contributed by atoms with Crippen LogP contribution in [0.1, 0.15) is 30.0 Å². The van der Waals surface area contributed by atoms with Crippen molar-refractivity contribution in [1.29, 1.82) is 0 Å². The third kappa shape index (κ3) is 1.97. The van der Waals surface area contributed by atoms with Crippen molar-refractivity contribution in [2.75, 3.05) is 12.0 Å². The highest BCUT2D eigenvalue weighted by Crippen LogP contribution is 2.48. The molecule has 0 N–H and O–H groups in total. The van der Waals surface area contributed by atoms with Crippen molar-refractivity contribution in [2.45, 2.75) is 31.3 Å². The number of halogens is 2. The van der Waals surface area contributed by atoms with E-state index in [1.54, 1.807) is 7.11 Å². The predicted molar refractivity (Wildman–Crippen MR) is 84.1 cm³/mol. The van der Waals surface area contributed by atoms with E-state index in [2.05, 4.69) is 22.0 Å². The van der Waals surface area contributed by atoms with Gasteiger partial charge in [0.2, 0.25) is 5.95 Å². The second kappa shape index (κ2) is 5.13. The van der Waals surface area contributed by atoms with Gasteiger partial charge in [0.15, 0.2) is 0 Å². The first kappa shape index (κ1) is 13.8. The molecule has 0 saturated carbocycles. The molecule has 1 aromatic carbocycles. The van der Waals surface area contributed by atoms with Gasteiger partial charge in [-0.05, 0) is 43.5 Å². The molecule has 22 heavy (non-hydrogen) atoms. The van der Waals surface area contributed by atoms with Gasteiger partial charge >= 0.3 is 0 Å². The lowest BCUT2D eigenvalue weighted by molar-refractivity contribution is 0.414. The molecule has 2 aliphatic heterocycles. The molecular formula is C17H16ClFN2O. The lowest BCUT2D eigenvalue weighted by atomic mass is 9.94. The van der Waals surface area contributed by atoms with E-state index in [1.807, 2.05) is 12.1 Å².